The average Bonchev–Trinajstić information content (AvgIpc) is 2.56. The van der Waals surface area contributed by atoms with Gasteiger partial charge < -0.3 is 15.2 Å². The third-order valence-corrected chi connectivity index (χ3v) is 2.61. The molecule has 0 saturated carbocycles. The fraction of sp³-hybridized carbons (Fsp3) is 0.182. The molecule has 4 nitrogen and oxygen atoms in total. The molecule has 1 aromatic carbocycles. The van der Waals surface area contributed by atoms with Crippen molar-refractivity contribution < 1.29 is 10.2 Å². The summed E-state index contributed by atoms with van der Waals surface area (Å²) in [5, 5.41) is 19.4. The van der Waals surface area contributed by atoms with Crippen LogP contribution in [-0.2, 0) is 0 Å². The molecule has 0 bridgehead atoms. The highest BCUT2D eigenvalue weighted by atomic mass is 32.1. The van der Waals surface area contributed by atoms with Crippen LogP contribution in [0.5, 0.6) is 5.88 Å². The van der Waals surface area contributed by atoms with Crippen molar-refractivity contribution in [1.82, 2.24) is 9.55 Å². The SMILES string of the molecule is CC(O)c1[nH]c(=S)n(-c2ccccc2)c1O. The Morgan fingerprint density at radius 2 is 1.94 bits per heavy atom. The Morgan fingerprint density at radius 3 is 2.44 bits per heavy atom. The van der Waals surface area contributed by atoms with Gasteiger partial charge in [0.2, 0.25) is 5.88 Å². The van der Waals surface area contributed by atoms with E-state index >= 15 is 0 Å². The summed E-state index contributed by atoms with van der Waals surface area (Å²) in [6.07, 6.45) is -0.785. The monoisotopic (exact) mass is 236 g/mol. The molecule has 0 saturated heterocycles. The second-order valence-corrected chi connectivity index (χ2v) is 3.90. The van der Waals surface area contributed by atoms with Gasteiger partial charge in [-0.3, -0.25) is 4.57 Å². The van der Waals surface area contributed by atoms with E-state index in [2.05, 4.69) is 4.98 Å². The summed E-state index contributed by atoms with van der Waals surface area (Å²) in [4.78, 5) is 2.79. The molecule has 0 spiro atoms. The number of aromatic nitrogens is 2. The molecule has 0 aliphatic rings. The number of nitrogens with one attached hydrogen (secondary N) is 1. The van der Waals surface area contributed by atoms with Crippen LogP contribution in [0.25, 0.3) is 5.69 Å². The Balaban J connectivity index is 2.63. The number of aromatic amines is 1. The second-order valence-electron chi connectivity index (χ2n) is 3.51. The number of H-pyrrole nitrogens is 1. The van der Waals surface area contributed by atoms with Crippen LogP contribution < -0.4 is 0 Å². The van der Waals surface area contributed by atoms with E-state index in [0.717, 1.165) is 5.69 Å². The van der Waals surface area contributed by atoms with Crippen LogP contribution in [-0.4, -0.2) is 19.8 Å². The van der Waals surface area contributed by atoms with Crippen LogP contribution in [0.3, 0.4) is 0 Å². The van der Waals surface area contributed by atoms with Crippen LogP contribution in [0.2, 0.25) is 0 Å². The van der Waals surface area contributed by atoms with Gasteiger partial charge >= 0.3 is 0 Å². The zero-order valence-electron chi connectivity index (χ0n) is 8.71. The quantitative estimate of drug-likeness (QED) is 0.701. The first-order chi connectivity index (χ1) is 7.61. The van der Waals surface area contributed by atoms with Gasteiger partial charge in [0, 0.05) is 0 Å². The number of hydrogen-bond acceptors (Lipinski definition) is 3. The molecule has 0 amide bonds. The minimum absolute atomic E-state index is 0.0498. The summed E-state index contributed by atoms with van der Waals surface area (Å²) >= 11 is 5.10. The number of aliphatic hydroxyl groups excluding tert-OH is 1. The molecular formula is C11H12N2O2S. The number of hydrogen-bond donors (Lipinski definition) is 3. The molecule has 5 heteroatoms. The molecule has 1 heterocycles. The number of nitrogens with zero attached hydrogens (tertiary/aromatic N) is 1. The van der Waals surface area contributed by atoms with Gasteiger partial charge in [-0.15, -0.1) is 0 Å². The smallest absolute Gasteiger partial charge is 0.220 e. The Morgan fingerprint density at radius 1 is 1.31 bits per heavy atom. The molecule has 0 radical (unpaired) electrons. The maximum absolute atomic E-state index is 9.94. The highest BCUT2D eigenvalue weighted by Gasteiger charge is 2.15. The molecule has 84 valence electrons. The maximum Gasteiger partial charge on any atom is 0.220 e. The van der Waals surface area contributed by atoms with Crippen molar-refractivity contribution in [1.29, 1.82) is 0 Å². The molecular weight excluding hydrogens is 224 g/mol. The fourth-order valence-corrected chi connectivity index (χ4v) is 1.85. The van der Waals surface area contributed by atoms with Crippen LogP contribution in [0, 0.1) is 4.77 Å². The molecule has 3 N–H and O–H groups in total. The van der Waals surface area contributed by atoms with E-state index in [1.165, 1.54) is 4.57 Å². The molecule has 2 aromatic rings. The van der Waals surface area contributed by atoms with E-state index in [4.69, 9.17) is 12.2 Å². The molecule has 16 heavy (non-hydrogen) atoms. The van der Waals surface area contributed by atoms with Crippen molar-refractivity contribution >= 4 is 12.2 Å². The Bertz CT molecular complexity index is 543. The Labute approximate surface area is 97.8 Å². The third-order valence-electron chi connectivity index (χ3n) is 2.33. The van der Waals surface area contributed by atoms with Crippen LogP contribution in [0.4, 0.5) is 0 Å². The molecule has 0 fully saturated rings. The van der Waals surface area contributed by atoms with E-state index < -0.39 is 6.10 Å². The summed E-state index contributed by atoms with van der Waals surface area (Å²) in [7, 11) is 0. The minimum atomic E-state index is -0.785. The first-order valence-corrected chi connectivity index (χ1v) is 5.29. The Kier molecular flexibility index (Phi) is 2.80. The van der Waals surface area contributed by atoms with Gasteiger partial charge in [0.25, 0.3) is 0 Å². The van der Waals surface area contributed by atoms with E-state index in [0.29, 0.717) is 10.5 Å². The van der Waals surface area contributed by atoms with Gasteiger partial charge in [-0.2, -0.15) is 0 Å². The normalized spacial score (nSPS) is 12.6. The second kappa shape index (κ2) is 4.11. The largest absolute Gasteiger partial charge is 0.493 e. The fourth-order valence-electron chi connectivity index (χ4n) is 1.55. The van der Waals surface area contributed by atoms with Crippen molar-refractivity contribution in [3.63, 3.8) is 0 Å². The lowest BCUT2D eigenvalue weighted by Gasteiger charge is -2.05. The first-order valence-electron chi connectivity index (χ1n) is 4.88. The lowest BCUT2D eigenvalue weighted by Crippen LogP contribution is -1.94. The van der Waals surface area contributed by atoms with Gasteiger partial charge in [0.15, 0.2) is 4.77 Å². The lowest BCUT2D eigenvalue weighted by atomic mass is 10.3. The predicted molar refractivity (Wildman–Crippen MR) is 63.3 cm³/mol. The molecule has 0 aliphatic carbocycles. The standard InChI is InChI=1S/C11H12N2O2S/c1-7(14)9-10(15)13(11(16)12-9)8-5-3-2-4-6-8/h2-7,14-15H,1H3,(H,12,16). The lowest BCUT2D eigenvalue weighted by molar-refractivity contribution is 0.190. The number of aromatic hydroxyl groups is 1. The Hall–Kier alpha value is -1.59. The number of rotatable bonds is 2. The molecule has 2 rings (SSSR count). The first kappa shape index (κ1) is 10.9. The number of para-hydroxylation sites is 1. The van der Waals surface area contributed by atoms with E-state index in [1.54, 1.807) is 6.92 Å². The van der Waals surface area contributed by atoms with Crippen molar-refractivity contribution in [3.05, 3.63) is 40.8 Å². The zero-order valence-corrected chi connectivity index (χ0v) is 9.53. The maximum atomic E-state index is 9.94. The summed E-state index contributed by atoms with van der Waals surface area (Å²) in [5.74, 6) is -0.0498. The van der Waals surface area contributed by atoms with Gasteiger partial charge in [0.05, 0.1) is 11.8 Å². The van der Waals surface area contributed by atoms with Crippen molar-refractivity contribution in [2.45, 2.75) is 13.0 Å². The molecule has 0 aliphatic heterocycles. The van der Waals surface area contributed by atoms with Crippen molar-refractivity contribution in [3.8, 4) is 11.6 Å². The van der Waals surface area contributed by atoms with Crippen LogP contribution in [0.1, 0.15) is 18.7 Å². The zero-order chi connectivity index (χ0) is 11.7. The minimum Gasteiger partial charge on any atom is -0.493 e. The summed E-state index contributed by atoms with van der Waals surface area (Å²) in [5.41, 5.74) is 1.09. The summed E-state index contributed by atoms with van der Waals surface area (Å²) < 4.78 is 1.84. The topological polar surface area (TPSA) is 61.2 Å². The number of imidazole rings is 1. The molecule has 1 atom stereocenters. The number of benzene rings is 1. The van der Waals surface area contributed by atoms with Gasteiger partial charge in [-0.1, -0.05) is 18.2 Å². The van der Waals surface area contributed by atoms with Crippen LogP contribution in [0.15, 0.2) is 30.3 Å². The third kappa shape index (κ3) is 1.75. The van der Waals surface area contributed by atoms with Gasteiger partial charge in [0.1, 0.15) is 5.69 Å². The van der Waals surface area contributed by atoms with Crippen LogP contribution >= 0.6 is 12.2 Å². The average molecular weight is 236 g/mol. The van der Waals surface area contributed by atoms with Crippen molar-refractivity contribution in [2.75, 3.05) is 0 Å². The highest BCUT2D eigenvalue weighted by Crippen LogP contribution is 2.26. The highest BCUT2D eigenvalue weighted by molar-refractivity contribution is 7.71. The number of aliphatic hydroxyl groups is 1. The molecule has 1 unspecified atom stereocenters. The predicted octanol–water partition coefficient (Wildman–Crippen LogP) is 2.29. The van der Waals surface area contributed by atoms with E-state index in [1.807, 2.05) is 30.3 Å². The van der Waals surface area contributed by atoms with Gasteiger partial charge in [-0.25, -0.2) is 0 Å². The molecule has 1 aromatic heterocycles. The van der Waals surface area contributed by atoms with E-state index in [-0.39, 0.29) is 5.88 Å². The summed E-state index contributed by atoms with van der Waals surface area (Å²) in [6.45, 7) is 1.57. The van der Waals surface area contributed by atoms with Gasteiger partial charge in [-0.05, 0) is 31.3 Å². The van der Waals surface area contributed by atoms with E-state index in [9.17, 15) is 10.2 Å². The van der Waals surface area contributed by atoms with Crippen molar-refractivity contribution in [2.24, 2.45) is 0 Å². The summed E-state index contributed by atoms with van der Waals surface area (Å²) in [6, 6.07) is 9.24.